The van der Waals surface area contributed by atoms with Gasteiger partial charge in [0.2, 0.25) is 0 Å². The molecule has 23 heavy (non-hydrogen) atoms. The summed E-state index contributed by atoms with van der Waals surface area (Å²) in [6.07, 6.45) is 1.47. The highest BCUT2D eigenvalue weighted by Crippen LogP contribution is 2.30. The molecule has 0 atom stereocenters. The largest absolute Gasteiger partial charge is 0.486 e. The highest BCUT2D eigenvalue weighted by Gasteiger charge is 2.16. The van der Waals surface area contributed by atoms with Crippen LogP contribution in [-0.2, 0) is 0 Å². The van der Waals surface area contributed by atoms with E-state index < -0.39 is 11.8 Å². The zero-order valence-electron chi connectivity index (χ0n) is 12.3. The van der Waals surface area contributed by atoms with Gasteiger partial charge in [-0.05, 0) is 31.2 Å². The maximum Gasteiger partial charge on any atom is 0.288 e. The average Bonchev–Trinajstić information content (AvgIpc) is 2.59. The van der Waals surface area contributed by atoms with Crippen LogP contribution in [0, 0.1) is 6.92 Å². The second-order valence-electron chi connectivity index (χ2n) is 4.76. The summed E-state index contributed by atoms with van der Waals surface area (Å²) in [4.78, 5) is 31.9. The van der Waals surface area contributed by atoms with Crippen molar-refractivity contribution in [3.63, 3.8) is 0 Å². The first kappa shape index (κ1) is 14.8. The Bertz CT molecular complexity index is 763. The van der Waals surface area contributed by atoms with Crippen LogP contribution in [0.3, 0.4) is 0 Å². The summed E-state index contributed by atoms with van der Waals surface area (Å²) < 4.78 is 10.8. The van der Waals surface area contributed by atoms with Gasteiger partial charge in [-0.2, -0.15) is 0 Å². The molecular formula is C15H14N4O4. The van der Waals surface area contributed by atoms with Crippen molar-refractivity contribution < 1.29 is 19.1 Å². The Morgan fingerprint density at radius 1 is 1.04 bits per heavy atom. The Morgan fingerprint density at radius 3 is 2.57 bits per heavy atom. The Hall–Kier alpha value is -3.16. The fourth-order valence-corrected chi connectivity index (χ4v) is 2.02. The van der Waals surface area contributed by atoms with Crippen molar-refractivity contribution in [2.45, 2.75) is 6.92 Å². The molecule has 1 aliphatic rings. The number of fused-ring (bicyclic) bond motifs is 1. The van der Waals surface area contributed by atoms with Crippen LogP contribution in [0.1, 0.15) is 26.7 Å². The summed E-state index contributed by atoms with van der Waals surface area (Å²) in [6, 6.07) is 6.26. The monoisotopic (exact) mass is 314 g/mol. The molecule has 2 heterocycles. The highest BCUT2D eigenvalue weighted by molar-refractivity contribution is 5.98. The van der Waals surface area contributed by atoms with E-state index in [4.69, 9.17) is 9.47 Å². The molecule has 0 spiro atoms. The molecule has 8 nitrogen and oxygen atoms in total. The average molecular weight is 314 g/mol. The minimum absolute atomic E-state index is 0.167. The van der Waals surface area contributed by atoms with Gasteiger partial charge in [0.05, 0.1) is 0 Å². The summed E-state index contributed by atoms with van der Waals surface area (Å²) in [5, 5.41) is 0. The summed E-state index contributed by atoms with van der Waals surface area (Å²) in [6.45, 7) is 2.58. The van der Waals surface area contributed by atoms with E-state index in [2.05, 4.69) is 20.8 Å². The lowest BCUT2D eigenvalue weighted by Gasteiger charge is -2.18. The van der Waals surface area contributed by atoms with E-state index >= 15 is 0 Å². The number of hydrazine groups is 1. The summed E-state index contributed by atoms with van der Waals surface area (Å²) in [5.74, 6) is 0.563. The number of nitrogens with one attached hydrogen (secondary N) is 2. The molecule has 0 saturated heterocycles. The Balaban J connectivity index is 1.64. The molecule has 2 N–H and O–H groups in total. The first-order valence-corrected chi connectivity index (χ1v) is 6.93. The van der Waals surface area contributed by atoms with Gasteiger partial charge in [0, 0.05) is 11.8 Å². The molecule has 0 bridgehead atoms. The molecule has 3 rings (SSSR count). The molecule has 0 radical (unpaired) electrons. The van der Waals surface area contributed by atoms with Gasteiger partial charge in [-0.15, -0.1) is 0 Å². The third-order valence-corrected chi connectivity index (χ3v) is 3.10. The topological polar surface area (TPSA) is 102 Å². The van der Waals surface area contributed by atoms with Crippen molar-refractivity contribution in [3.05, 3.63) is 47.5 Å². The van der Waals surface area contributed by atoms with Crippen LogP contribution in [0.2, 0.25) is 0 Å². The lowest BCUT2D eigenvalue weighted by Crippen LogP contribution is -2.42. The minimum Gasteiger partial charge on any atom is -0.486 e. The quantitative estimate of drug-likeness (QED) is 0.788. The zero-order valence-corrected chi connectivity index (χ0v) is 12.3. The van der Waals surface area contributed by atoms with Gasteiger partial charge in [-0.3, -0.25) is 20.4 Å². The normalized spacial score (nSPS) is 12.4. The van der Waals surface area contributed by atoms with Crippen LogP contribution in [-0.4, -0.2) is 35.0 Å². The third-order valence-electron chi connectivity index (χ3n) is 3.10. The number of aryl methyl sites for hydroxylation is 1. The summed E-state index contributed by atoms with van der Waals surface area (Å²) >= 11 is 0. The molecule has 0 saturated carbocycles. The number of amides is 2. The summed E-state index contributed by atoms with van der Waals surface area (Å²) in [7, 11) is 0. The van der Waals surface area contributed by atoms with Crippen molar-refractivity contribution in [1.82, 2.24) is 20.8 Å². The van der Waals surface area contributed by atoms with Crippen molar-refractivity contribution in [1.29, 1.82) is 0 Å². The van der Waals surface area contributed by atoms with Crippen LogP contribution in [0.4, 0.5) is 0 Å². The maximum absolute atomic E-state index is 12.1. The number of carbonyl (C=O) groups excluding carboxylic acids is 2. The smallest absolute Gasteiger partial charge is 0.288 e. The molecule has 0 unspecified atom stereocenters. The molecule has 1 aromatic carbocycles. The van der Waals surface area contributed by atoms with Crippen LogP contribution in [0.5, 0.6) is 11.5 Å². The Morgan fingerprint density at radius 2 is 1.78 bits per heavy atom. The van der Waals surface area contributed by atoms with Gasteiger partial charge in [0.1, 0.15) is 24.7 Å². The van der Waals surface area contributed by atoms with Gasteiger partial charge in [-0.1, -0.05) is 0 Å². The SMILES string of the molecule is Cc1nccc(C(=O)NNC(=O)c2ccc3c(c2)OCCO3)n1. The molecule has 1 aromatic heterocycles. The predicted octanol–water partition coefficient (Wildman–Crippen LogP) is 0.631. The van der Waals surface area contributed by atoms with Crippen LogP contribution >= 0.6 is 0 Å². The van der Waals surface area contributed by atoms with Crippen LogP contribution < -0.4 is 20.3 Å². The van der Waals surface area contributed by atoms with Gasteiger partial charge < -0.3 is 9.47 Å². The second-order valence-corrected chi connectivity index (χ2v) is 4.76. The number of hydrogen-bond donors (Lipinski definition) is 2. The van der Waals surface area contributed by atoms with Crippen molar-refractivity contribution in [2.24, 2.45) is 0 Å². The highest BCUT2D eigenvalue weighted by atomic mass is 16.6. The Kier molecular flexibility index (Phi) is 4.05. The fraction of sp³-hybridized carbons (Fsp3) is 0.200. The third kappa shape index (κ3) is 3.37. The van der Waals surface area contributed by atoms with E-state index in [0.29, 0.717) is 36.1 Å². The molecule has 0 aliphatic carbocycles. The molecule has 118 valence electrons. The molecule has 2 aromatic rings. The Labute approximate surface area is 131 Å². The van der Waals surface area contributed by atoms with Crippen molar-refractivity contribution in [2.75, 3.05) is 13.2 Å². The van der Waals surface area contributed by atoms with E-state index in [9.17, 15) is 9.59 Å². The van der Waals surface area contributed by atoms with E-state index in [1.165, 1.54) is 12.3 Å². The van der Waals surface area contributed by atoms with Gasteiger partial charge in [-0.25, -0.2) is 9.97 Å². The standard InChI is InChI=1S/C15H14N4O4/c1-9-16-5-4-11(17-9)15(21)19-18-14(20)10-2-3-12-13(8-10)23-7-6-22-12/h2-5,8H,6-7H2,1H3,(H,18,20)(H,19,21). The number of rotatable bonds is 2. The molecule has 0 fully saturated rings. The number of carbonyl (C=O) groups is 2. The number of hydrogen-bond acceptors (Lipinski definition) is 6. The zero-order chi connectivity index (χ0) is 16.2. The summed E-state index contributed by atoms with van der Waals surface area (Å²) in [5.41, 5.74) is 5.14. The van der Waals surface area contributed by atoms with Gasteiger partial charge in [0.25, 0.3) is 11.8 Å². The van der Waals surface area contributed by atoms with Gasteiger partial charge >= 0.3 is 0 Å². The maximum atomic E-state index is 12.1. The van der Waals surface area contributed by atoms with E-state index in [0.717, 1.165) is 0 Å². The molecule has 8 heteroatoms. The van der Waals surface area contributed by atoms with Crippen LogP contribution in [0.25, 0.3) is 0 Å². The molecule has 2 amide bonds. The molecular weight excluding hydrogens is 300 g/mol. The van der Waals surface area contributed by atoms with E-state index in [1.807, 2.05) is 0 Å². The number of ether oxygens (including phenoxy) is 2. The number of aromatic nitrogens is 2. The second kappa shape index (κ2) is 6.30. The van der Waals surface area contributed by atoms with E-state index in [-0.39, 0.29) is 5.69 Å². The first-order valence-electron chi connectivity index (χ1n) is 6.93. The van der Waals surface area contributed by atoms with Crippen molar-refractivity contribution >= 4 is 11.8 Å². The van der Waals surface area contributed by atoms with E-state index in [1.54, 1.807) is 25.1 Å². The lowest BCUT2D eigenvalue weighted by atomic mass is 10.2. The predicted molar refractivity (Wildman–Crippen MR) is 79.1 cm³/mol. The van der Waals surface area contributed by atoms with Gasteiger partial charge in [0.15, 0.2) is 11.5 Å². The van der Waals surface area contributed by atoms with Crippen molar-refractivity contribution in [3.8, 4) is 11.5 Å². The molecule has 1 aliphatic heterocycles. The fourth-order valence-electron chi connectivity index (χ4n) is 2.02. The number of benzene rings is 1. The lowest BCUT2D eigenvalue weighted by molar-refractivity contribution is 0.0843. The first-order chi connectivity index (χ1) is 11.1. The number of nitrogens with zero attached hydrogens (tertiary/aromatic N) is 2. The van der Waals surface area contributed by atoms with Crippen LogP contribution in [0.15, 0.2) is 30.5 Å². The minimum atomic E-state index is -0.526.